The highest BCUT2D eigenvalue weighted by Crippen LogP contribution is 2.42. The van der Waals surface area contributed by atoms with E-state index in [1.807, 2.05) is 60.7 Å². The standard InChI is InChI=1S/C46H26N6O2/c1-2-13-27(14-3-1)51-36-21-8-4-15-28(36)31-25-26-32-29-16-5-9-22-37(29)52(41(32)40(31)51)46-49-43(48-44(50-46)45-47-35-20-7-11-24-39(35)54-45)34-19-12-18-33-30-17-6-10-23-38(30)53-42(33)34/h1-26H. The van der Waals surface area contributed by atoms with Crippen LogP contribution in [0.4, 0.5) is 0 Å². The van der Waals surface area contributed by atoms with E-state index in [1.54, 1.807) is 0 Å². The van der Waals surface area contributed by atoms with Gasteiger partial charge in [-0.1, -0.05) is 109 Å². The van der Waals surface area contributed by atoms with Crippen molar-refractivity contribution in [1.29, 1.82) is 0 Å². The summed E-state index contributed by atoms with van der Waals surface area (Å²) >= 11 is 0. The topological polar surface area (TPSA) is 87.7 Å². The van der Waals surface area contributed by atoms with Crippen molar-refractivity contribution in [2.24, 2.45) is 0 Å². The fourth-order valence-corrected chi connectivity index (χ4v) is 8.13. The molecule has 5 heterocycles. The number of rotatable bonds is 4. The summed E-state index contributed by atoms with van der Waals surface area (Å²) in [6.45, 7) is 0. The largest absolute Gasteiger partial charge is 0.455 e. The molecule has 8 nitrogen and oxygen atoms in total. The van der Waals surface area contributed by atoms with Gasteiger partial charge in [0.2, 0.25) is 11.8 Å². The monoisotopic (exact) mass is 694 g/mol. The van der Waals surface area contributed by atoms with Crippen LogP contribution >= 0.6 is 0 Å². The average Bonchev–Trinajstić information content (AvgIpc) is 4.00. The Morgan fingerprint density at radius 2 is 1.00 bits per heavy atom. The van der Waals surface area contributed by atoms with E-state index in [2.05, 4.69) is 106 Å². The molecule has 54 heavy (non-hydrogen) atoms. The highest BCUT2D eigenvalue weighted by molar-refractivity contribution is 6.23. The molecule has 5 aromatic heterocycles. The van der Waals surface area contributed by atoms with Crippen molar-refractivity contribution >= 4 is 76.6 Å². The molecule has 0 saturated heterocycles. The molecule has 0 atom stereocenters. The molecule has 0 N–H and O–H groups in total. The number of hydrogen-bond acceptors (Lipinski definition) is 6. The Kier molecular flexibility index (Phi) is 5.90. The predicted molar refractivity (Wildman–Crippen MR) is 214 cm³/mol. The smallest absolute Gasteiger partial charge is 0.266 e. The van der Waals surface area contributed by atoms with Crippen LogP contribution in [0.25, 0.3) is 111 Å². The van der Waals surface area contributed by atoms with Crippen LogP contribution in [0, 0.1) is 0 Å². The number of fused-ring (bicyclic) bond motifs is 11. The molecule has 0 unspecified atom stereocenters. The lowest BCUT2D eigenvalue weighted by molar-refractivity contribution is 0.612. The van der Waals surface area contributed by atoms with E-state index in [1.165, 1.54) is 0 Å². The Morgan fingerprint density at radius 3 is 1.78 bits per heavy atom. The molecule has 7 aromatic carbocycles. The molecule has 12 rings (SSSR count). The summed E-state index contributed by atoms with van der Waals surface area (Å²) in [6.07, 6.45) is 0. The molecule has 0 saturated carbocycles. The normalized spacial score (nSPS) is 12.1. The predicted octanol–water partition coefficient (Wildman–Crippen LogP) is 11.4. The molecule has 0 bridgehead atoms. The zero-order valence-electron chi connectivity index (χ0n) is 28.5. The summed E-state index contributed by atoms with van der Waals surface area (Å²) in [5.74, 6) is 1.51. The Bertz CT molecular complexity index is 3430. The minimum atomic E-state index is 0.308. The van der Waals surface area contributed by atoms with Gasteiger partial charge in [0.25, 0.3) is 5.89 Å². The van der Waals surface area contributed by atoms with Crippen LogP contribution in [0.5, 0.6) is 0 Å². The van der Waals surface area contributed by atoms with Gasteiger partial charge in [-0.25, -0.2) is 9.97 Å². The Morgan fingerprint density at radius 1 is 0.389 bits per heavy atom. The summed E-state index contributed by atoms with van der Waals surface area (Å²) in [5, 5.41) is 6.48. The van der Waals surface area contributed by atoms with E-state index >= 15 is 0 Å². The van der Waals surface area contributed by atoms with Crippen molar-refractivity contribution in [1.82, 2.24) is 29.1 Å². The lowest BCUT2D eigenvalue weighted by Crippen LogP contribution is -2.07. The highest BCUT2D eigenvalue weighted by atomic mass is 16.3. The third kappa shape index (κ3) is 4.07. The van der Waals surface area contributed by atoms with Crippen LogP contribution < -0.4 is 0 Å². The second-order valence-corrected chi connectivity index (χ2v) is 13.4. The van der Waals surface area contributed by atoms with Gasteiger partial charge in [-0.05, 0) is 48.5 Å². The first-order valence-corrected chi connectivity index (χ1v) is 17.8. The van der Waals surface area contributed by atoms with Crippen molar-refractivity contribution in [3.8, 4) is 34.7 Å². The van der Waals surface area contributed by atoms with Crippen molar-refractivity contribution in [3.05, 3.63) is 158 Å². The Labute approximate surface area is 306 Å². The summed E-state index contributed by atoms with van der Waals surface area (Å²) in [6, 6.07) is 53.8. The summed E-state index contributed by atoms with van der Waals surface area (Å²) in [4.78, 5) is 20.4. The maximum Gasteiger partial charge on any atom is 0.266 e. The number of aromatic nitrogens is 6. The molecule has 8 heteroatoms. The third-order valence-electron chi connectivity index (χ3n) is 10.4. The van der Waals surface area contributed by atoms with Gasteiger partial charge in [0, 0.05) is 38.0 Å². The van der Waals surface area contributed by atoms with E-state index in [0.717, 1.165) is 76.7 Å². The van der Waals surface area contributed by atoms with E-state index in [9.17, 15) is 0 Å². The second-order valence-electron chi connectivity index (χ2n) is 13.4. The Balaban J connectivity index is 1.24. The van der Waals surface area contributed by atoms with Crippen molar-refractivity contribution in [2.45, 2.75) is 0 Å². The average molecular weight is 695 g/mol. The van der Waals surface area contributed by atoms with Gasteiger partial charge in [-0.15, -0.1) is 0 Å². The van der Waals surface area contributed by atoms with Crippen molar-refractivity contribution in [3.63, 3.8) is 0 Å². The SMILES string of the molecule is c1ccc(-n2c3ccccc3c3ccc4c5ccccc5n(-c5nc(-c6nc7ccccc7o6)nc(-c6cccc7c6oc6ccccc67)n5)c4c32)cc1. The van der Waals surface area contributed by atoms with Gasteiger partial charge in [-0.2, -0.15) is 9.97 Å². The maximum atomic E-state index is 6.51. The van der Waals surface area contributed by atoms with Gasteiger partial charge in [0.05, 0.1) is 27.6 Å². The lowest BCUT2D eigenvalue weighted by atomic mass is 10.1. The van der Waals surface area contributed by atoms with E-state index in [-0.39, 0.29) is 0 Å². The van der Waals surface area contributed by atoms with E-state index < -0.39 is 0 Å². The highest BCUT2D eigenvalue weighted by Gasteiger charge is 2.25. The summed E-state index contributed by atoms with van der Waals surface area (Å²) in [5.41, 5.74) is 8.80. The zero-order valence-corrected chi connectivity index (χ0v) is 28.5. The van der Waals surface area contributed by atoms with Crippen LogP contribution in [-0.2, 0) is 0 Å². The first-order chi connectivity index (χ1) is 26.8. The number of para-hydroxylation sites is 7. The van der Waals surface area contributed by atoms with Crippen LogP contribution in [0.3, 0.4) is 0 Å². The molecule has 12 aromatic rings. The number of hydrogen-bond donors (Lipinski definition) is 0. The number of oxazole rings is 1. The quantitative estimate of drug-likeness (QED) is 0.182. The molecule has 0 radical (unpaired) electrons. The molecule has 0 aliphatic heterocycles. The van der Waals surface area contributed by atoms with Crippen molar-refractivity contribution < 1.29 is 8.83 Å². The van der Waals surface area contributed by atoms with Crippen LogP contribution in [0.15, 0.2) is 167 Å². The minimum absolute atomic E-state index is 0.308. The summed E-state index contributed by atoms with van der Waals surface area (Å²) < 4.78 is 17.3. The summed E-state index contributed by atoms with van der Waals surface area (Å²) in [7, 11) is 0. The van der Waals surface area contributed by atoms with Crippen molar-refractivity contribution in [2.75, 3.05) is 0 Å². The van der Waals surface area contributed by atoms with E-state index in [4.69, 9.17) is 28.8 Å². The minimum Gasteiger partial charge on any atom is -0.455 e. The van der Waals surface area contributed by atoms with Gasteiger partial charge in [0.15, 0.2) is 11.4 Å². The second kappa shape index (κ2) is 11.0. The number of nitrogens with zero attached hydrogens (tertiary/aromatic N) is 6. The fourth-order valence-electron chi connectivity index (χ4n) is 8.13. The molecule has 252 valence electrons. The molecule has 0 amide bonds. The number of benzene rings is 7. The molecule has 0 fully saturated rings. The zero-order chi connectivity index (χ0) is 35.3. The maximum absolute atomic E-state index is 6.51. The molecule has 0 spiro atoms. The lowest BCUT2D eigenvalue weighted by Gasteiger charge is -2.12. The molecule has 0 aliphatic rings. The van der Waals surface area contributed by atoms with Gasteiger partial charge >= 0.3 is 0 Å². The van der Waals surface area contributed by atoms with E-state index in [0.29, 0.717) is 34.7 Å². The van der Waals surface area contributed by atoms with Gasteiger partial charge < -0.3 is 13.4 Å². The van der Waals surface area contributed by atoms with Gasteiger partial charge in [-0.3, -0.25) is 4.57 Å². The fraction of sp³-hybridized carbons (Fsp3) is 0. The first-order valence-electron chi connectivity index (χ1n) is 17.8. The van der Waals surface area contributed by atoms with Crippen LogP contribution in [0.2, 0.25) is 0 Å². The first kappa shape index (κ1) is 29.0. The number of furan rings is 1. The van der Waals surface area contributed by atoms with Crippen LogP contribution in [0.1, 0.15) is 0 Å². The molecular weight excluding hydrogens is 669 g/mol. The van der Waals surface area contributed by atoms with Gasteiger partial charge in [0.1, 0.15) is 16.7 Å². The molecule has 0 aliphatic carbocycles. The third-order valence-corrected chi connectivity index (χ3v) is 10.4. The van der Waals surface area contributed by atoms with Crippen LogP contribution in [-0.4, -0.2) is 29.1 Å². The molecular formula is C46H26N6O2. The Hall–Kier alpha value is -7.58.